The topological polar surface area (TPSA) is 30.3 Å². The molecule has 0 spiro atoms. The number of fused-ring (bicyclic) bond motifs is 1. The summed E-state index contributed by atoms with van der Waals surface area (Å²) < 4.78 is 8.04. The Hall–Kier alpha value is -1.17. The molecule has 118 valence electrons. The third-order valence-corrected chi connectivity index (χ3v) is 5.41. The molecule has 1 aliphatic heterocycles. The molecule has 2 aliphatic rings. The van der Waals surface area contributed by atoms with E-state index in [1.54, 1.807) is 11.3 Å². The molecular formula is C17H23N3OS. The summed E-state index contributed by atoms with van der Waals surface area (Å²) in [6.07, 6.45) is 4.74. The van der Waals surface area contributed by atoms with Gasteiger partial charge in [0.15, 0.2) is 0 Å². The van der Waals surface area contributed by atoms with Gasteiger partial charge in [-0.15, -0.1) is 0 Å². The lowest BCUT2D eigenvalue weighted by Gasteiger charge is -2.33. The normalized spacial score (nSPS) is 22.0. The fourth-order valence-electron chi connectivity index (χ4n) is 3.40. The van der Waals surface area contributed by atoms with Crippen molar-refractivity contribution in [3.63, 3.8) is 0 Å². The molecule has 0 unspecified atom stereocenters. The highest BCUT2D eigenvalue weighted by Gasteiger charge is 2.29. The van der Waals surface area contributed by atoms with Gasteiger partial charge in [-0.1, -0.05) is 0 Å². The fraction of sp³-hybridized carbons (Fsp3) is 0.588. The van der Waals surface area contributed by atoms with Crippen LogP contribution in [0.2, 0.25) is 0 Å². The number of rotatable bonds is 6. The molecule has 0 aromatic carbocycles. The van der Waals surface area contributed by atoms with Crippen LogP contribution in [0.15, 0.2) is 23.0 Å². The minimum Gasteiger partial charge on any atom is -0.380 e. The zero-order valence-corrected chi connectivity index (χ0v) is 13.9. The van der Waals surface area contributed by atoms with Gasteiger partial charge in [-0.3, -0.25) is 9.58 Å². The van der Waals surface area contributed by atoms with Crippen LogP contribution >= 0.6 is 11.3 Å². The van der Waals surface area contributed by atoms with Gasteiger partial charge in [0.2, 0.25) is 0 Å². The SMILES string of the molecule is Cn1ncc2c1[C@H](COCC1CC1)CN(Cc1ccsc1)C2. The molecule has 2 aromatic heterocycles. The molecule has 4 nitrogen and oxygen atoms in total. The Morgan fingerprint density at radius 3 is 3.05 bits per heavy atom. The highest BCUT2D eigenvalue weighted by molar-refractivity contribution is 7.07. The Bertz CT molecular complexity index is 618. The van der Waals surface area contributed by atoms with Crippen molar-refractivity contribution in [2.24, 2.45) is 13.0 Å². The average Bonchev–Trinajstić information content (AvgIpc) is 3.04. The number of nitrogens with zero attached hydrogens (tertiary/aromatic N) is 3. The molecule has 0 bridgehead atoms. The summed E-state index contributed by atoms with van der Waals surface area (Å²) >= 11 is 1.77. The van der Waals surface area contributed by atoms with Gasteiger partial charge in [0.25, 0.3) is 0 Å². The summed E-state index contributed by atoms with van der Waals surface area (Å²) in [7, 11) is 2.06. The van der Waals surface area contributed by atoms with Crippen molar-refractivity contribution in [3.05, 3.63) is 39.8 Å². The molecular weight excluding hydrogens is 294 g/mol. The molecule has 0 N–H and O–H groups in total. The predicted molar refractivity (Wildman–Crippen MR) is 87.9 cm³/mol. The van der Waals surface area contributed by atoms with Crippen molar-refractivity contribution >= 4 is 11.3 Å². The monoisotopic (exact) mass is 317 g/mol. The number of ether oxygens (including phenoxy) is 1. The molecule has 3 heterocycles. The molecule has 22 heavy (non-hydrogen) atoms. The van der Waals surface area contributed by atoms with E-state index in [0.29, 0.717) is 5.92 Å². The highest BCUT2D eigenvalue weighted by atomic mass is 32.1. The second-order valence-electron chi connectivity index (χ2n) is 6.66. The van der Waals surface area contributed by atoms with Crippen LogP contribution in [-0.2, 0) is 24.9 Å². The van der Waals surface area contributed by atoms with Gasteiger partial charge in [0, 0.05) is 50.5 Å². The highest BCUT2D eigenvalue weighted by Crippen LogP contribution is 2.32. The van der Waals surface area contributed by atoms with Crippen molar-refractivity contribution in [3.8, 4) is 0 Å². The van der Waals surface area contributed by atoms with Crippen molar-refractivity contribution in [2.45, 2.75) is 31.8 Å². The molecule has 0 amide bonds. The summed E-state index contributed by atoms with van der Waals surface area (Å²) in [5.41, 5.74) is 4.15. The van der Waals surface area contributed by atoms with Crippen LogP contribution in [0.5, 0.6) is 0 Å². The van der Waals surface area contributed by atoms with Crippen LogP contribution in [0.1, 0.15) is 35.6 Å². The third kappa shape index (κ3) is 3.12. The third-order valence-electron chi connectivity index (χ3n) is 4.68. The fourth-order valence-corrected chi connectivity index (χ4v) is 4.06. The molecule has 1 saturated carbocycles. The first kappa shape index (κ1) is 14.4. The maximum atomic E-state index is 6.00. The van der Waals surface area contributed by atoms with Crippen molar-refractivity contribution in [1.29, 1.82) is 0 Å². The summed E-state index contributed by atoms with van der Waals surface area (Å²) in [5, 5.41) is 8.88. The largest absolute Gasteiger partial charge is 0.380 e. The van der Waals surface area contributed by atoms with E-state index in [9.17, 15) is 0 Å². The zero-order valence-electron chi connectivity index (χ0n) is 13.1. The number of aryl methyl sites for hydroxylation is 1. The maximum absolute atomic E-state index is 6.00. The number of hydrogen-bond donors (Lipinski definition) is 0. The number of hydrogen-bond acceptors (Lipinski definition) is 4. The van der Waals surface area contributed by atoms with E-state index in [2.05, 4.69) is 33.9 Å². The van der Waals surface area contributed by atoms with Crippen LogP contribution in [0.3, 0.4) is 0 Å². The van der Waals surface area contributed by atoms with E-state index in [1.807, 2.05) is 10.9 Å². The smallest absolute Gasteiger partial charge is 0.0562 e. The predicted octanol–water partition coefficient (Wildman–Crippen LogP) is 3.01. The Kier molecular flexibility index (Phi) is 4.03. The van der Waals surface area contributed by atoms with Crippen LogP contribution in [0.25, 0.3) is 0 Å². The van der Waals surface area contributed by atoms with Gasteiger partial charge in [-0.2, -0.15) is 16.4 Å². The van der Waals surface area contributed by atoms with E-state index in [1.165, 1.54) is 29.7 Å². The van der Waals surface area contributed by atoms with Crippen molar-refractivity contribution < 1.29 is 4.74 Å². The molecule has 0 radical (unpaired) electrons. The lowest BCUT2D eigenvalue weighted by atomic mass is 9.96. The average molecular weight is 317 g/mol. The molecule has 1 fully saturated rings. The Balaban J connectivity index is 1.46. The lowest BCUT2D eigenvalue weighted by Crippen LogP contribution is -2.35. The van der Waals surface area contributed by atoms with Gasteiger partial charge >= 0.3 is 0 Å². The molecule has 5 heteroatoms. The van der Waals surface area contributed by atoms with Crippen molar-refractivity contribution in [1.82, 2.24) is 14.7 Å². The zero-order chi connectivity index (χ0) is 14.9. The minimum atomic E-state index is 0.439. The first-order valence-electron chi connectivity index (χ1n) is 8.11. The second-order valence-corrected chi connectivity index (χ2v) is 7.44. The second kappa shape index (κ2) is 6.14. The molecule has 4 rings (SSSR count). The standard InChI is InChI=1S/C17H23N3OS/c1-19-17-15(6-18-19)8-20(7-14-4-5-22-12-14)9-16(17)11-21-10-13-2-3-13/h4-6,12-13,16H,2-3,7-11H2,1H3/t16-/m0/s1. The van der Waals surface area contributed by atoms with Crippen LogP contribution < -0.4 is 0 Å². The van der Waals surface area contributed by atoms with Gasteiger partial charge in [0.1, 0.15) is 0 Å². The molecule has 0 saturated heterocycles. The summed E-state index contributed by atoms with van der Waals surface area (Å²) in [5.74, 6) is 1.27. The van der Waals surface area contributed by atoms with Crippen molar-refractivity contribution in [2.75, 3.05) is 19.8 Å². The lowest BCUT2D eigenvalue weighted by molar-refractivity contribution is 0.0870. The number of thiophene rings is 1. The van der Waals surface area contributed by atoms with E-state index in [0.717, 1.165) is 38.8 Å². The van der Waals surface area contributed by atoms with E-state index in [-0.39, 0.29) is 0 Å². The van der Waals surface area contributed by atoms with E-state index < -0.39 is 0 Å². The summed E-state index contributed by atoms with van der Waals surface area (Å²) in [4.78, 5) is 2.53. The van der Waals surface area contributed by atoms with Gasteiger partial charge in [-0.05, 0) is 41.1 Å². The Morgan fingerprint density at radius 1 is 1.36 bits per heavy atom. The van der Waals surface area contributed by atoms with Crippen LogP contribution in [-0.4, -0.2) is 34.4 Å². The molecule has 2 aromatic rings. The Morgan fingerprint density at radius 2 is 2.27 bits per heavy atom. The first-order chi connectivity index (χ1) is 10.8. The maximum Gasteiger partial charge on any atom is 0.0562 e. The van der Waals surface area contributed by atoms with Gasteiger partial charge in [-0.25, -0.2) is 0 Å². The summed E-state index contributed by atoms with van der Waals surface area (Å²) in [6.45, 7) is 4.85. The van der Waals surface area contributed by atoms with Crippen LogP contribution in [0.4, 0.5) is 0 Å². The van der Waals surface area contributed by atoms with Crippen LogP contribution in [0, 0.1) is 5.92 Å². The van der Waals surface area contributed by atoms with Gasteiger partial charge < -0.3 is 4.74 Å². The minimum absolute atomic E-state index is 0.439. The van der Waals surface area contributed by atoms with E-state index >= 15 is 0 Å². The molecule has 1 aliphatic carbocycles. The quantitative estimate of drug-likeness (QED) is 0.820. The number of aromatic nitrogens is 2. The molecule has 1 atom stereocenters. The summed E-state index contributed by atoms with van der Waals surface area (Å²) in [6, 6.07) is 2.22. The van der Waals surface area contributed by atoms with E-state index in [4.69, 9.17) is 4.74 Å². The first-order valence-corrected chi connectivity index (χ1v) is 9.06. The van der Waals surface area contributed by atoms with Gasteiger partial charge in [0.05, 0.1) is 12.8 Å². The Labute approximate surface area is 135 Å².